The number of thiophene rings is 1. The summed E-state index contributed by atoms with van der Waals surface area (Å²) in [5.41, 5.74) is 4.88. The molecule has 0 N–H and O–H groups in total. The summed E-state index contributed by atoms with van der Waals surface area (Å²) in [7, 11) is 0. The van der Waals surface area contributed by atoms with Gasteiger partial charge in [0.05, 0.1) is 0 Å². The van der Waals surface area contributed by atoms with Crippen molar-refractivity contribution in [2.45, 2.75) is 0 Å². The van der Waals surface area contributed by atoms with Gasteiger partial charge in [0.1, 0.15) is 0 Å². The highest BCUT2D eigenvalue weighted by molar-refractivity contribution is 7.19. The molecule has 0 bridgehead atoms. The summed E-state index contributed by atoms with van der Waals surface area (Å²) >= 11 is 8.03. The first-order valence-electron chi connectivity index (χ1n) is 7.82. The van der Waals surface area contributed by atoms with Crippen LogP contribution in [0.1, 0.15) is 0 Å². The van der Waals surface area contributed by atoms with Gasteiger partial charge in [0.15, 0.2) is 0 Å². The predicted octanol–water partition coefficient (Wildman–Crippen LogP) is 7.40. The highest BCUT2D eigenvalue weighted by Gasteiger charge is 2.14. The molecule has 0 saturated heterocycles. The Labute approximate surface area is 151 Å². The molecular formula is C22H15ClS. The maximum absolute atomic E-state index is 6.22. The minimum absolute atomic E-state index is 0.765. The molecule has 0 spiro atoms. The molecule has 116 valence electrons. The van der Waals surface area contributed by atoms with Gasteiger partial charge in [-0.25, -0.2) is 0 Å². The second-order valence-corrected chi connectivity index (χ2v) is 7.08. The summed E-state index contributed by atoms with van der Waals surface area (Å²) < 4.78 is 0. The maximum atomic E-state index is 6.22. The first-order valence-corrected chi connectivity index (χ1v) is 9.01. The Balaban J connectivity index is 1.92. The van der Waals surface area contributed by atoms with E-state index in [2.05, 4.69) is 60.7 Å². The van der Waals surface area contributed by atoms with Crippen LogP contribution in [0, 0.1) is 0 Å². The van der Waals surface area contributed by atoms with Crippen molar-refractivity contribution >= 4 is 22.9 Å². The smallest absolute Gasteiger partial charge is 0.0428 e. The third kappa shape index (κ3) is 3.01. The average Bonchev–Trinajstić information content (AvgIpc) is 3.09. The molecule has 0 aliphatic heterocycles. The van der Waals surface area contributed by atoms with Crippen LogP contribution in [0.15, 0.2) is 91.0 Å². The van der Waals surface area contributed by atoms with Gasteiger partial charge in [-0.3, -0.25) is 0 Å². The lowest BCUT2D eigenvalue weighted by Crippen LogP contribution is -1.78. The minimum Gasteiger partial charge on any atom is -0.135 e. The number of rotatable bonds is 3. The molecule has 24 heavy (non-hydrogen) atoms. The Morgan fingerprint density at radius 1 is 0.583 bits per heavy atom. The molecule has 0 nitrogen and oxygen atoms in total. The minimum atomic E-state index is 0.765. The van der Waals surface area contributed by atoms with Crippen molar-refractivity contribution in [2.75, 3.05) is 0 Å². The van der Waals surface area contributed by atoms with Gasteiger partial charge in [0.25, 0.3) is 0 Å². The van der Waals surface area contributed by atoms with E-state index in [0.717, 1.165) is 10.6 Å². The second-order valence-electron chi connectivity index (χ2n) is 5.60. The van der Waals surface area contributed by atoms with Gasteiger partial charge in [-0.1, -0.05) is 84.4 Å². The monoisotopic (exact) mass is 346 g/mol. The molecule has 1 heterocycles. The molecule has 0 atom stereocenters. The lowest BCUT2D eigenvalue weighted by atomic mass is 10.0. The molecule has 4 aromatic rings. The number of hydrogen-bond acceptors (Lipinski definition) is 1. The molecule has 0 fully saturated rings. The lowest BCUT2D eigenvalue weighted by molar-refractivity contribution is 1.64. The maximum Gasteiger partial charge on any atom is 0.0428 e. The normalized spacial score (nSPS) is 10.7. The van der Waals surface area contributed by atoms with E-state index in [1.54, 1.807) is 0 Å². The van der Waals surface area contributed by atoms with Crippen LogP contribution >= 0.6 is 22.9 Å². The number of halogens is 1. The molecular weight excluding hydrogens is 332 g/mol. The summed E-state index contributed by atoms with van der Waals surface area (Å²) in [4.78, 5) is 2.52. The van der Waals surface area contributed by atoms with Crippen molar-refractivity contribution in [3.63, 3.8) is 0 Å². The van der Waals surface area contributed by atoms with Crippen LogP contribution in [-0.4, -0.2) is 0 Å². The zero-order chi connectivity index (χ0) is 16.4. The van der Waals surface area contributed by atoms with Crippen molar-refractivity contribution in [3.8, 4) is 32.0 Å². The van der Waals surface area contributed by atoms with Crippen molar-refractivity contribution < 1.29 is 0 Å². The van der Waals surface area contributed by atoms with Crippen molar-refractivity contribution in [3.05, 3.63) is 96.0 Å². The molecule has 0 radical (unpaired) electrons. The highest BCUT2D eigenvalue weighted by Crippen LogP contribution is 2.43. The van der Waals surface area contributed by atoms with Crippen LogP contribution in [0.5, 0.6) is 0 Å². The van der Waals surface area contributed by atoms with Gasteiger partial charge >= 0.3 is 0 Å². The number of hydrogen-bond donors (Lipinski definition) is 0. The van der Waals surface area contributed by atoms with Gasteiger partial charge in [-0.2, -0.15) is 0 Å². The van der Waals surface area contributed by atoms with Gasteiger partial charge in [-0.05, 0) is 34.9 Å². The second kappa shape index (κ2) is 6.64. The van der Waals surface area contributed by atoms with Crippen molar-refractivity contribution in [1.82, 2.24) is 0 Å². The Morgan fingerprint density at radius 3 is 1.88 bits per heavy atom. The Morgan fingerprint density at radius 2 is 1.21 bits per heavy atom. The largest absolute Gasteiger partial charge is 0.135 e. The molecule has 0 amide bonds. The van der Waals surface area contributed by atoms with Gasteiger partial charge in [0.2, 0.25) is 0 Å². The van der Waals surface area contributed by atoms with E-state index in [9.17, 15) is 0 Å². The molecule has 0 aliphatic rings. The molecule has 0 aliphatic carbocycles. The van der Waals surface area contributed by atoms with E-state index in [4.69, 9.17) is 11.6 Å². The third-order valence-corrected chi connectivity index (χ3v) is 5.43. The lowest BCUT2D eigenvalue weighted by Gasteiger charge is -2.04. The summed E-state index contributed by atoms with van der Waals surface area (Å²) in [6.07, 6.45) is 0. The first kappa shape index (κ1) is 15.2. The fourth-order valence-electron chi connectivity index (χ4n) is 2.81. The third-order valence-electron chi connectivity index (χ3n) is 3.96. The zero-order valence-corrected chi connectivity index (χ0v) is 14.5. The molecule has 4 rings (SSSR count). The Hall–Kier alpha value is -2.35. The van der Waals surface area contributed by atoms with Crippen molar-refractivity contribution in [2.24, 2.45) is 0 Å². The van der Waals surface area contributed by atoms with E-state index in [1.807, 2.05) is 41.7 Å². The van der Waals surface area contributed by atoms with Crippen LogP contribution < -0.4 is 0 Å². The fraction of sp³-hybridized carbons (Fsp3) is 0. The predicted molar refractivity (Wildman–Crippen MR) is 106 cm³/mol. The average molecular weight is 347 g/mol. The molecule has 2 heteroatoms. The Kier molecular flexibility index (Phi) is 4.20. The Bertz CT molecular complexity index is 956. The molecule has 0 saturated carbocycles. The fourth-order valence-corrected chi connectivity index (χ4v) is 4.18. The highest BCUT2D eigenvalue weighted by atomic mass is 35.5. The van der Waals surface area contributed by atoms with Crippen LogP contribution in [0.25, 0.3) is 32.0 Å². The van der Waals surface area contributed by atoms with E-state index in [1.165, 1.54) is 26.4 Å². The number of benzene rings is 3. The van der Waals surface area contributed by atoms with E-state index >= 15 is 0 Å². The first-order chi connectivity index (χ1) is 11.8. The summed E-state index contributed by atoms with van der Waals surface area (Å²) in [5, 5.41) is 0.765. The molecule has 0 unspecified atom stereocenters. The van der Waals surface area contributed by atoms with Gasteiger partial charge in [0, 0.05) is 20.3 Å². The van der Waals surface area contributed by atoms with Crippen LogP contribution in [0.2, 0.25) is 5.02 Å². The van der Waals surface area contributed by atoms with E-state index < -0.39 is 0 Å². The van der Waals surface area contributed by atoms with E-state index in [0.29, 0.717) is 0 Å². The zero-order valence-electron chi connectivity index (χ0n) is 12.9. The molecule has 3 aromatic carbocycles. The molecule has 1 aromatic heterocycles. The van der Waals surface area contributed by atoms with Crippen LogP contribution in [0.4, 0.5) is 0 Å². The van der Waals surface area contributed by atoms with Crippen molar-refractivity contribution in [1.29, 1.82) is 0 Å². The standard InChI is InChI=1S/C22H15ClS/c23-19-13-7-12-18(14-19)22-20(16-8-3-1-4-9-16)15-21(24-22)17-10-5-2-6-11-17/h1-15H. The van der Waals surface area contributed by atoms with E-state index in [-0.39, 0.29) is 0 Å². The SMILES string of the molecule is Clc1cccc(-c2sc(-c3ccccc3)cc2-c2ccccc2)c1. The van der Waals surface area contributed by atoms with Crippen LogP contribution in [-0.2, 0) is 0 Å². The summed E-state index contributed by atoms with van der Waals surface area (Å²) in [6.45, 7) is 0. The van der Waals surface area contributed by atoms with Gasteiger partial charge < -0.3 is 0 Å². The van der Waals surface area contributed by atoms with Crippen LogP contribution in [0.3, 0.4) is 0 Å². The summed E-state index contributed by atoms with van der Waals surface area (Å²) in [5.74, 6) is 0. The quantitative estimate of drug-likeness (QED) is 0.362. The van der Waals surface area contributed by atoms with Gasteiger partial charge in [-0.15, -0.1) is 11.3 Å². The topological polar surface area (TPSA) is 0 Å². The summed E-state index contributed by atoms with van der Waals surface area (Å²) in [6, 6.07) is 31.4.